The third kappa shape index (κ3) is 11.4. The highest BCUT2D eigenvalue weighted by Gasteiger charge is 2.40. The van der Waals surface area contributed by atoms with Gasteiger partial charge in [-0.2, -0.15) is 0 Å². The van der Waals surface area contributed by atoms with Gasteiger partial charge < -0.3 is 22.6 Å². The van der Waals surface area contributed by atoms with E-state index in [0.717, 1.165) is 29.1 Å². The molecule has 1 aliphatic heterocycles. The molecule has 1 aromatic rings. The van der Waals surface area contributed by atoms with E-state index in [2.05, 4.69) is 6.92 Å². The lowest BCUT2D eigenvalue weighted by molar-refractivity contribution is -0.882. The van der Waals surface area contributed by atoms with E-state index in [9.17, 15) is 13.0 Å². The summed E-state index contributed by atoms with van der Waals surface area (Å²) in [7, 11) is -6.88. The van der Waals surface area contributed by atoms with E-state index in [0.29, 0.717) is 58.4 Å². The smallest absolute Gasteiger partial charge is 0.501 e. The van der Waals surface area contributed by atoms with Gasteiger partial charge in [-0.15, -0.1) is 5.01 Å². The number of ether oxygens (including phenoxy) is 1. The van der Waals surface area contributed by atoms with Crippen LogP contribution >= 0.6 is 0 Å². The average molecular weight is 559 g/mol. The van der Waals surface area contributed by atoms with Crippen LogP contribution in [0.3, 0.4) is 0 Å². The molecular formula is C25H44N3O7SSi+. The molecule has 1 aromatic carbocycles. The Hall–Kier alpha value is -1.51. The summed E-state index contributed by atoms with van der Waals surface area (Å²) in [4.78, 5) is 0. The number of hydrogen-bond acceptors (Lipinski definition) is 8. The van der Waals surface area contributed by atoms with Crippen LogP contribution in [0.4, 0.5) is 0 Å². The summed E-state index contributed by atoms with van der Waals surface area (Å²) >= 11 is 0. The van der Waals surface area contributed by atoms with E-state index in [1.54, 1.807) is 0 Å². The first kappa shape index (κ1) is 31.7. The quantitative estimate of drug-likeness (QED) is 0.113. The highest BCUT2D eigenvalue weighted by Crippen LogP contribution is 2.19. The van der Waals surface area contributed by atoms with Crippen molar-refractivity contribution in [1.29, 1.82) is 0 Å². The number of benzene rings is 1. The largest absolute Gasteiger partial charge is 0.748 e. The second-order valence-corrected chi connectivity index (χ2v) is 13.0. The van der Waals surface area contributed by atoms with Gasteiger partial charge in [0.15, 0.2) is 5.22 Å². The molecule has 1 heterocycles. The number of unbranched alkanes of at least 4 members (excludes halogenated alkanes) is 1. The topological polar surface area (TPSA) is 114 Å². The van der Waals surface area contributed by atoms with E-state index in [1.165, 1.54) is 0 Å². The van der Waals surface area contributed by atoms with Crippen molar-refractivity contribution in [1.82, 2.24) is 0 Å². The summed E-state index contributed by atoms with van der Waals surface area (Å²) < 4.78 is 58.7. The Morgan fingerprint density at radius 1 is 1.00 bits per heavy atom. The van der Waals surface area contributed by atoms with Gasteiger partial charge in [-0.25, -0.2) is 8.42 Å². The molecule has 1 aliphatic rings. The molecule has 1 N–H and O–H groups in total. The highest BCUT2D eigenvalue weighted by molar-refractivity contribution is 7.85. The molecule has 10 nitrogen and oxygen atoms in total. The molecule has 0 fully saturated rings. The molecule has 0 aliphatic carbocycles. The number of quaternary nitrogens is 1. The van der Waals surface area contributed by atoms with Gasteiger partial charge in [-0.05, 0) is 56.9 Å². The zero-order valence-corrected chi connectivity index (χ0v) is 24.5. The fourth-order valence-corrected chi connectivity index (χ4v) is 7.36. The predicted molar refractivity (Wildman–Crippen MR) is 142 cm³/mol. The lowest BCUT2D eigenvalue weighted by atomic mass is 10.1. The molecule has 2 rings (SSSR count). The molecule has 0 aromatic heterocycles. The molecule has 0 amide bonds. The maximum absolute atomic E-state index is 10.9. The Morgan fingerprint density at radius 3 is 2.22 bits per heavy atom. The van der Waals surface area contributed by atoms with Crippen molar-refractivity contribution in [2.24, 2.45) is 5.22 Å². The molecular weight excluding hydrogens is 514 g/mol. The number of rotatable bonds is 20. The fourth-order valence-electron chi connectivity index (χ4n) is 4.22. The van der Waals surface area contributed by atoms with Crippen molar-refractivity contribution in [3.63, 3.8) is 0 Å². The minimum Gasteiger partial charge on any atom is -0.748 e. The van der Waals surface area contributed by atoms with Gasteiger partial charge in [0.25, 0.3) is 6.20 Å². The molecule has 0 radical (unpaired) electrons. The molecule has 0 saturated carbocycles. The zero-order chi connectivity index (χ0) is 27.2. The summed E-state index contributed by atoms with van der Waals surface area (Å²) in [5, 5.41) is 5.70. The van der Waals surface area contributed by atoms with Gasteiger partial charge in [-0.1, -0.05) is 25.1 Å². The van der Waals surface area contributed by atoms with Crippen LogP contribution in [0.5, 0.6) is 0 Å². The maximum atomic E-state index is 10.9. The molecule has 37 heavy (non-hydrogen) atoms. The Bertz CT molecular complexity index is 943. The van der Waals surface area contributed by atoms with Crippen molar-refractivity contribution in [2.45, 2.75) is 65.5 Å². The second kappa shape index (κ2) is 16.4. The summed E-state index contributed by atoms with van der Waals surface area (Å²) in [6.45, 7) is 11.4. The highest BCUT2D eigenvalue weighted by atomic mass is 32.2. The number of nitrogens with zero attached hydrogens (tertiary/aromatic N) is 2. The molecule has 12 heteroatoms. The molecule has 0 saturated heterocycles. The van der Waals surface area contributed by atoms with E-state index in [1.807, 2.05) is 62.0 Å². The summed E-state index contributed by atoms with van der Waals surface area (Å²) in [5.41, 5.74) is 2.07. The predicted octanol–water partition coefficient (Wildman–Crippen LogP) is 2.82. The Balaban J connectivity index is 1.97. The first-order valence-electron chi connectivity index (χ1n) is 13.3. The monoisotopic (exact) mass is 558 g/mol. The van der Waals surface area contributed by atoms with Crippen LogP contribution in [0.1, 0.15) is 58.9 Å². The lowest BCUT2D eigenvalue weighted by Gasteiger charge is -2.28. The van der Waals surface area contributed by atoms with Crippen LogP contribution in [-0.4, -0.2) is 77.8 Å². The van der Waals surface area contributed by atoms with Crippen LogP contribution in [0, 0.1) is 0 Å². The lowest BCUT2D eigenvalue weighted by Crippen LogP contribution is -3.03. The van der Waals surface area contributed by atoms with Gasteiger partial charge in [0, 0.05) is 50.2 Å². The number of nitrogens with one attached hydrogen (secondary N) is 1. The van der Waals surface area contributed by atoms with Crippen LogP contribution in [0.2, 0.25) is 6.04 Å². The van der Waals surface area contributed by atoms with E-state index in [4.69, 9.17) is 23.2 Å². The van der Waals surface area contributed by atoms with Crippen molar-refractivity contribution in [2.75, 3.05) is 45.3 Å². The molecule has 2 unspecified atom stereocenters. The first-order valence-corrected chi connectivity index (χ1v) is 16.9. The average Bonchev–Trinajstić information content (AvgIpc) is 3.26. The van der Waals surface area contributed by atoms with Crippen molar-refractivity contribution in [3.05, 3.63) is 42.1 Å². The van der Waals surface area contributed by atoms with Crippen molar-refractivity contribution < 1.29 is 40.7 Å². The van der Waals surface area contributed by atoms with Gasteiger partial charge in [0.1, 0.15) is 12.6 Å². The van der Waals surface area contributed by atoms with Crippen molar-refractivity contribution in [3.8, 4) is 0 Å². The third-order valence-electron chi connectivity index (χ3n) is 5.90. The Kier molecular flexibility index (Phi) is 14.1. The molecule has 210 valence electrons. The third-order valence-corrected chi connectivity index (χ3v) is 9.84. The second-order valence-electron chi connectivity index (χ2n) is 8.78. The summed E-state index contributed by atoms with van der Waals surface area (Å²) in [6.07, 6.45) is 4.54. The normalized spacial score (nSPS) is 17.1. The Morgan fingerprint density at radius 2 is 1.65 bits per heavy atom. The number of hydrogen-bond donors (Lipinski definition) is 1. The first-order chi connectivity index (χ1) is 17.8. The Labute approximate surface area is 223 Å². The maximum Gasteiger partial charge on any atom is 0.501 e. The minimum absolute atomic E-state index is 0.00988. The van der Waals surface area contributed by atoms with Gasteiger partial charge >= 0.3 is 8.80 Å². The molecule has 0 spiro atoms. The SMILES string of the molecule is CCO[Si](CCCOC(CC)C[N+]1=N[NH+](CCCCS(=O)(=O)[O-])C(c2ccccc2)=C1)(OCC)OCC. The summed E-state index contributed by atoms with van der Waals surface area (Å²) in [5.74, 6) is -0.347. The minimum atomic E-state index is -4.20. The standard InChI is InChI=1S/C25H43N3O7SSi/c1-5-24(32-18-14-20-37(33-6-2,34-7-3)35-8-4)21-27-22-25(23-15-10-9-11-16-23)28(26-27)17-12-13-19-36(29,30)31/h9-11,15-16,22,24H,5-8,12-14,17-21H2,1-4H3/p+1. The molecule has 0 bridgehead atoms. The van der Waals surface area contributed by atoms with Crippen LogP contribution in [0.15, 0.2) is 41.8 Å². The van der Waals surface area contributed by atoms with Gasteiger partial charge in [0.05, 0.1) is 10.1 Å². The van der Waals surface area contributed by atoms with Crippen LogP contribution in [0.25, 0.3) is 5.70 Å². The van der Waals surface area contributed by atoms with E-state index >= 15 is 0 Å². The van der Waals surface area contributed by atoms with Crippen molar-refractivity contribution >= 4 is 24.6 Å². The van der Waals surface area contributed by atoms with Crippen LogP contribution in [-0.2, 0) is 28.1 Å². The molecule has 2 atom stereocenters. The zero-order valence-electron chi connectivity index (χ0n) is 22.7. The summed E-state index contributed by atoms with van der Waals surface area (Å²) in [6, 6.07) is 10.7. The van der Waals surface area contributed by atoms with Gasteiger partial charge in [0.2, 0.25) is 12.2 Å². The van der Waals surface area contributed by atoms with Gasteiger partial charge in [-0.3, -0.25) is 0 Å². The van der Waals surface area contributed by atoms with E-state index in [-0.39, 0.29) is 11.9 Å². The van der Waals surface area contributed by atoms with E-state index < -0.39 is 18.9 Å². The van der Waals surface area contributed by atoms with Crippen LogP contribution < -0.4 is 5.01 Å². The fraction of sp³-hybridized carbons (Fsp3) is 0.680.